The Balaban J connectivity index is 1.73. The molecule has 0 N–H and O–H groups in total. The third-order valence-corrected chi connectivity index (χ3v) is 3.59. The van der Waals surface area contributed by atoms with E-state index in [1.807, 2.05) is 29.2 Å². The second-order valence-electron chi connectivity index (χ2n) is 4.98. The minimum atomic E-state index is 0.100. The average Bonchev–Trinajstić information content (AvgIpc) is 3.02. The van der Waals surface area contributed by atoms with Crippen molar-refractivity contribution in [2.24, 2.45) is 0 Å². The fourth-order valence-corrected chi connectivity index (χ4v) is 2.29. The molecule has 1 aromatic carbocycles. The van der Waals surface area contributed by atoms with Crippen molar-refractivity contribution in [3.8, 4) is 5.69 Å². The summed E-state index contributed by atoms with van der Waals surface area (Å²) >= 11 is 0. The van der Waals surface area contributed by atoms with Crippen LogP contribution < -0.4 is 0 Å². The third kappa shape index (κ3) is 2.55. The first-order chi connectivity index (χ1) is 9.74. The number of likely N-dealkylation sites (N-methyl/N-ethyl adjacent to an activating group) is 1. The fourth-order valence-electron chi connectivity index (χ4n) is 2.29. The van der Waals surface area contributed by atoms with E-state index in [-0.39, 0.29) is 5.91 Å². The maximum absolute atomic E-state index is 12.4. The van der Waals surface area contributed by atoms with Gasteiger partial charge < -0.3 is 9.80 Å². The maximum atomic E-state index is 12.4. The molecule has 6 nitrogen and oxygen atoms in total. The van der Waals surface area contributed by atoms with Gasteiger partial charge in [-0.25, -0.2) is 9.67 Å². The summed E-state index contributed by atoms with van der Waals surface area (Å²) in [5.41, 5.74) is 1.62. The number of amides is 1. The molecule has 1 saturated heterocycles. The molecule has 1 fully saturated rings. The van der Waals surface area contributed by atoms with Crippen LogP contribution >= 0.6 is 0 Å². The summed E-state index contributed by atoms with van der Waals surface area (Å²) < 4.78 is 1.67. The lowest BCUT2D eigenvalue weighted by Crippen LogP contribution is -2.47. The molecule has 2 heterocycles. The number of rotatable bonds is 2. The fraction of sp³-hybridized carbons (Fsp3) is 0.357. The van der Waals surface area contributed by atoms with Gasteiger partial charge in [0.1, 0.15) is 12.7 Å². The Morgan fingerprint density at radius 2 is 1.80 bits per heavy atom. The zero-order valence-corrected chi connectivity index (χ0v) is 11.4. The quantitative estimate of drug-likeness (QED) is 0.805. The maximum Gasteiger partial charge on any atom is 0.253 e. The van der Waals surface area contributed by atoms with E-state index in [0.717, 1.165) is 37.4 Å². The van der Waals surface area contributed by atoms with Crippen molar-refractivity contribution < 1.29 is 4.79 Å². The van der Waals surface area contributed by atoms with Crippen molar-refractivity contribution in [1.82, 2.24) is 24.6 Å². The van der Waals surface area contributed by atoms with Crippen LogP contribution in [0.3, 0.4) is 0 Å². The van der Waals surface area contributed by atoms with Crippen LogP contribution in [0.15, 0.2) is 36.9 Å². The molecular formula is C14H17N5O. The molecule has 2 aromatic rings. The molecule has 1 amide bonds. The normalized spacial score (nSPS) is 16.4. The highest BCUT2D eigenvalue weighted by Crippen LogP contribution is 2.11. The number of benzene rings is 1. The van der Waals surface area contributed by atoms with Crippen molar-refractivity contribution in [3.63, 3.8) is 0 Å². The van der Waals surface area contributed by atoms with Gasteiger partial charge in [0.25, 0.3) is 5.91 Å². The van der Waals surface area contributed by atoms with E-state index >= 15 is 0 Å². The van der Waals surface area contributed by atoms with Crippen LogP contribution in [-0.4, -0.2) is 63.7 Å². The van der Waals surface area contributed by atoms with Crippen molar-refractivity contribution in [3.05, 3.63) is 42.5 Å². The van der Waals surface area contributed by atoms with E-state index in [9.17, 15) is 4.79 Å². The standard InChI is InChI=1S/C14H17N5O/c1-17-6-8-18(9-7-17)14(20)12-2-4-13(5-3-12)19-11-15-10-16-19/h2-5,10-11H,6-9H2,1H3. The highest BCUT2D eigenvalue weighted by molar-refractivity contribution is 5.94. The third-order valence-electron chi connectivity index (χ3n) is 3.59. The van der Waals surface area contributed by atoms with E-state index in [1.165, 1.54) is 6.33 Å². The van der Waals surface area contributed by atoms with Gasteiger partial charge in [-0.15, -0.1) is 0 Å². The lowest BCUT2D eigenvalue weighted by molar-refractivity contribution is 0.0664. The molecular weight excluding hydrogens is 254 g/mol. The van der Waals surface area contributed by atoms with Crippen LogP contribution in [0.25, 0.3) is 5.69 Å². The second kappa shape index (κ2) is 5.42. The first-order valence-corrected chi connectivity index (χ1v) is 6.67. The number of piperazine rings is 1. The van der Waals surface area contributed by atoms with Crippen LogP contribution in [0.2, 0.25) is 0 Å². The molecule has 1 aliphatic heterocycles. The molecule has 0 unspecified atom stereocenters. The smallest absolute Gasteiger partial charge is 0.253 e. The molecule has 104 valence electrons. The highest BCUT2D eigenvalue weighted by Gasteiger charge is 2.20. The molecule has 20 heavy (non-hydrogen) atoms. The van der Waals surface area contributed by atoms with Crippen molar-refractivity contribution >= 4 is 5.91 Å². The molecule has 0 saturated carbocycles. The van der Waals surface area contributed by atoms with Gasteiger partial charge in [-0.1, -0.05) is 0 Å². The predicted octanol–water partition coefficient (Wildman–Crippen LogP) is 0.655. The molecule has 0 aliphatic carbocycles. The van der Waals surface area contributed by atoms with Gasteiger partial charge in [-0.2, -0.15) is 5.10 Å². The average molecular weight is 271 g/mol. The summed E-state index contributed by atoms with van der Waals surface area (Å²) in [4.78, 5) is 20.4. The van der Waals surface area contributed by atoms with Gasteiger partial charge in [0.2, 0.25) is 0 Å². The number of carbonyl (C=O) groups excluding carboxylic acids is 1. The van der Waals surface area contributed by atoms with E-state index in [2.05, 4.69) is 22.0 Å². The number of aromatic nitrogens is 3. The molecule has 6 heteroatoms. The van der Waals surface area contributed by atoms with Crippen LogP contribution in [0.4, 0.5) is 0 Å². The lowest BCUT2D eigenvalue weighted by Gasteiger charge is -2.32. The SMILES string of the molecule is CN1CCN(C(=O)c2ccc(-n3cncn3)cc2)CC1. The predicted molar refractivity (Wildman–Crippen MR) is 74.8 cm³/mol. The van der Waals surface area contributed by atoms with Crippen molar-refractivity contribution in [1.29, 1.82) is 0 Å². The Morgan fingerprint density at radius 3 is 2.40 bits per heavy atom. The largest absolute Gasteiger partial charge is 0.336 e. The van der Waals surface area contributed by atoms with Crippen molar-refractivity contribution in [2.75, 3.05) is 33.2 Å². The molecule has 0 radical (unpaired) electrons. The van der Waals surface area contributed by atoms with Gasteiger partial charge in [-0.05, 0) is 31.3 Å². The number of nitrogens with zero attached hydrogens (tertiary/aromatic N) is 5. The number of carbonyl (C=O) groups is 1. The van der Waals surface area contributed by atoms with E-state index < -0.39 is 0 Å². The summed E-state index contributed by atoms with van der Waals surface area (Å²) in [6.07, 6.45) is 3.13. The van der Waals surface area contributed by atoms with Gasteiger partial charge in [-0.3, -0.25) is 4.79 Å². The summed E-state index contributed by atoms with van der Waals surface area (Å²) in [7, 11) is 2.08. The molecule has 1 aliphatic rings. The monoisotopic (exact) mass is 271 g/mol. The lowest BCUT2D eigenvalue weighted by atomic mass is 10.1. The Labute approximate surface area is 117 Å². The zero-order valence-electron chi connectivity index (χ0n) is 11.4. The first kappa shape index (κ1) is 12.8. The van der Waals surface area contributed by atoms with E-state index in [0.29, 0.717) is 0 Å². The minimum Gasteiger partial charge on any atom is -0.336 e. The van der Waals surface area contributed by atoms with Gasteiger partial charge >= 0.3 is 0 Å². The van der Waals surface area contributed by atoms with Gasteiger partial charge in [0.15, 0.2) is 0 Å². The van der Waals surface area contributed by atoms with E-state index in [4.69, 9.17) is 0 Å². The minimum absolute atomic E-state index is 0.100. The summed E-state index contributed by atoms with van der Waals surface area (Å²) in [5, 5.41) is 4.06. The molecule has 0 bridgehead atoms. The van der Waals surface area contributed by atoms with Crippen LogP contribution in [0.1, 0.15) is 10.4 Å². The van der Waals surface area contributed by atoms with Crippen LogP contribution in [0, 0.1) is 0 Å². The summed E-state index contributed by atoms with van der Waals surface area (Å²) in [6, 6.07) is 7.46. The number of hydrogen-bond donors (Lipinski definition) is 0. The Hall–Kier alpha value is -2.21. The molecule has 0 atom stereocenters. The van der Waals surface area contributed by atoms with Crippen LogP contribution in [-0.2, 0) is 0 Å². The Kier molecular flexibility index (Phi) is 3.47. The van der Waals surface area contributed by atoms with E-state index in [1.54, 1.807) is 11.0 Å². The zero-order chi connectivity index (χ0) is 13.9. The first-order valence-electron chi connectivity index (χ1n) is 6.67. The second-order valence-corrected chi connectivity index (χ2v) is 4.98. The van der Waals surface area contributed by atoms with Gasteiger partial charge in [0.05, 0.1) is 5.69 Å². The van der Waals surface area contributed by atoms with Crippen molar-refractivity contribution in [2.45, 2.75) is 0 Å². The number of hydrogen-bond acceptors (Lipinski definition) is 4. The summed E-state index contributed by atoms with van der Waals surface area (Å²) in [5.74, 6) is 0.100. The topological polar surface area (TPSA) is 54.3 Å². The summed E-state index contributed by atoms with van der Waals surface area (Å²) in [6.45, 7) is 3.45. The molecule has 0 spiro atoms. The van der Waals surface area contributed by atoms with Crippen LogP contribution in [0.5, 0.6) is 0 Å². The molecule has 1 aromatic heterocycles. The Bertz CT molecular complexity index is 570. The highest BCUT2D eigenvalue weighted by atomic mass is 16.2. The molecule has 3 rings (SSSR count). The Morgan fingerprint density at radius 1 is 1.10 bits per heavy atom. The van der Waals surface area contributed by atoms with Gasteiger partial charge in [0, 0.05) is 31.7 Å².